The van der Waals surface area contributed by atoms with Gasteiger partial charge in [-0.1, -0.05) is 0 Å². The van der Waals surface area contributed by atoms with Crippen molar-refractivity contribution in [3.05, 3.63) is 30.5 Å². The number of morpholine rings is 1. The number of nitrogens with zero attached hydrogens (tertiary/aromatic N) is 6. The van der Waals surface area contributed by atoms with E-state index >= 15 is 0 Å². The smallest absolute Gasteiger partial charge is 0.244 e. The number of benzene rings is 1. The lowest BCUT2D eigenvalue weighted by Gasteiger charge is -2.36. The molecule has 4 rings (SSSR count). The minimum Gasteiger partial charge on any atom is -0.497 e. The molecule has 0 aliphatic carbocycles. The number of anilines is 3. The quantitative estimate of drug-likeness (QED) is 0.732. The molecule has 2 aromatic rings. The third kappa shape index (κ3) is 5.24. The van der Waals surface area contributed by atoms with E-state index in [0.29, 0.717) is 5.95 Å². The third-order valence-electron chi connectivity index (χ3n) is 5.40. The lowest BCUT2D eigenvalue weighted by Crippen LogP contribution is -2.47. The van der Waals surface area contributed by atoms with Crippen molar-refractivity contribution in [2.45, 2.75) is 0 Å². The second kappa shape index (κ2) is 9.71. The molecular formula is C20H29N7O2. The Labute approximate surface area is 171 Å². The Morgan fingerprint density at radius 3 is 2.45 bits per heavy atom. The van der Waals surface area contributed by atoms with Crippen LogP contribution >= 0.6 is 0 Å². The van der Waals surface area contributed by atoms with E-state index in [-0.39, 0.29) is 0 Å². The van der Waals surface area contributed by atoms with Crippen molar-refractivity contribution in [3.8, 4) is 5.75 Å². The first-order valence-electron chi connectivity index (χ1n) is 10.2. The first-order chi connectivity index (χ1) is 14.3. The number of hydrogen-bond acceptors (Lipinski definition) is 9. The SMILES string of the molecule is COc1ccc(N2CCN(c3cnnc(NCCN4CCOCC4)n3)CC2)cc1. The molecule has 0 amide bonds. The van der Waals surface area contributed by atoms with E-state index in [1.807, 2.05) is 12.1 Å². The molecule has 0 bridgehead atoms. The highest BCUT2D eigenvalue weighted by atomic mass is 16.5. The molecule has 1 aromatic carbocycles. The summed E-state index contributed by atoms with van der Waals surface area (Å²) >= 11 is 0. The van der Waals surface area contributed by atoms with Gasteiger partial charge in [-0.2, -0.15) is 10.1 Å². The summed E-state index contributed by atoms with van der Waals surface area (Å²) in [6.45, 7) is 9.04. The van der Waals surface area contributed by atoms with E-state index in [1.165, 1.54) is 5.69 Å². The van der Waals surface area contributed by atoms with E-state index in [1.54, 1.807) is 13.3 Å². The molecule has 0 atom stereocenters. The highest BCUT2D eigenvalue weighted by Gasteiger charge is 2.19. The topological polar surface area (TPSA) is 78.9 Å². The highest BCUT2D eigenvalue weighted by Crippen LogP contribution is 2.22. The number of piperazine rings is 1. The summed E-state index contributed by atoms with van der Waals surface area (Å²) in [6, 6.07) is 8.23. The lowest BCUT2D eigenvalue weighted by atomic mass is 10.2. The molecule has 9 heteroatoms. The van der Waals surface area contributed by atoms with Gasteiger partial charge in [-0.05, 0) is 24.3 Å². The van der Waals surface area contributed by atoms with Crippen molar-refractivity contribution in [2.75, 3.05) is 87.8 Å². The molecular weight excluding hydrogens is 370 g/mol. The van der Waals surface area contributed by atoms with Crippen LogP contribution in [0.15, 0.2) is 30.5 Å². The van der Waals surface area contributed by atoms with Crippen molar-refractivity contribution in [1.29, 1.82) is 0 Å². The van der Waals surface area contributed by atoms with Crippen LogP contribution in [-0.2, 0) is 4.74 Å². The van der Waals surface area contributed by atoms with Gasteiger partial charge < -0.3 is 24.6 Å². The van der Waals surface area contributed by atoms with Crippen LogP contribution in [0.5, 0.6) is 5.75 Å². The fourth-order valence-electron chi connectivity index (χ4n) is 3.66. The second-order valence-corrected chi connectivity index (χ2v) is 7.19. The maximum Gasteiger partial charge on any atom is 0.244 e. The van der Waals surface area contributed by atoms with Crippen molar-refractivity contribution >= 4 is 17.5 Å². The van der Waals surface area contributed by atoms with Crippen LogP contribution in [0.1, 0.15) is 0 Å². The Kier molecular flexibility index (Phi) is 6.58. The van der Waals surface area contributed by atoms with Gasteiger partial charge >= 0.3 is 0 Å². The Balaban J connectivity index is 1.27. The fourth-order valence-corrected chi connectivity index (χ4v) is 3.66. The molecule has 1 N–H and O–H groups in total. The van der Waals surface area contributed by atoms with Crippen LogP contribution in [0, 0.1) is 0 Å². The summed E-state index contributed by atoms with van der Waals surface area (Å²) in [5.41, 5.74) is 1.22. The van der Waals surface area contributed by atoms with Crippen LogP contribution in [0.25, 0.3) is 0 Å². The van der Waals surface area contributed by atoms with E-state index in [2.05, 4.69) is 47.3 Å². The van der Waals surface area contributed by atoms with Gasteiger partial charge in [0.25, 0.3) is 0 Å². The normalized spacial score (nSPS) is 18.0. The van der Waals surface area contributed by atoms with Gasteiger partial charge in [0.2, 0.25) is 5.95 Å². The van der Waals surface area contributed by atoms with E-state index in [4.69, 9.17) is 9.47 Å². The Bertz CT molecular complexity index is 760. The zero-order valence-electron chi connectivity index (χ0n) is 17.0. The summed E-state index contributed by atoms with van der Waals surface area (Å²) in [5, 5.41) is 11.6. The monoisotopic (exact) mass is 399 g/mol. The zero-order valence-corrected chi connectivity index (χ0v) is 17.0. The molecule has 2 aliphatic rings. The Hall–Kier alpha value is -2.65. The predicted octanol–water partition coefficient (Wildman–Crippen LogP) is 0.951. The Morgan fingerprint density at radius 1 is 1.00 bits per heavy atom. The summed E-state index contributed by atoms with van der Waals surface area (Å²) in [5.74, 6) is 2.35. The van der Waals surface area contributed by atoms with Gasteiger partial charge in [0.1, 0.15) is 5.75 Å². The first kappa shape index (κ1) is 19.7. The molecule has 0 saturated carbocycles. The molecule has 156 valence electrons. The van der Waals surface area contributed by atoms with Gasteiger partial charge in [0, 0.05) is 58.0 Å². The number of hydrogen-bond donors (Lipinski definition) is 1. The van der Waals surface area contributed by atoms with Crippen molar-refractivity contribution in [3.63, 3.8) is 0 Å². The van der Waals surface area contributed by atoms with Crippen LogP contribution in [0.2, 0.25) is 0 Å². The van der Waals surface area contributed by atoms with Crippen molar-refractivity contribution in [2.24, 2.45) is 0 Å². The van der Waals surface area contributed by atoms with Crippen molar-refractivity contribution < 1.29 is 9.47 Å². The minimum absolute atomic E-state index is 0.591. The molecule has 1 aromatic heterocycles. The fraction of sp³-hybridized carbons (Fsp3) is 0.550. The molecule has 2 aliphatic heterocycles. The van der Waals surface area contributed by atoms with Crippen LogP contribution in [0.3, 0.4) is 0 Å². The van der Waals surface area contributed by atoms with Gasteiger partial charge in [0.05, 0.1) is 26.5 Å². The minimum atomic E-state index is 0.591. The number of aromatic nitrogens is 3. The highest BCUT2D eigenvalue weighted by molar-refractivity contribution is 5.51. The van der Waals surface area contributed by atoms with Gasteiger partial charge in [-0.25, -0.2) is 0 Å². The molecule has 0 radical (unpaired) electrons. The first-order valence-corrected chi connectivity index (χ1v) is 10.2. The largest absolute Gasteiger partial charge is 0.497 e. The third-order valence-corrected chi connectivity index (χ3v) is 5.40. The maximum atomic E-state index is 5.38. The Morgan fingerprint density at radius 2 is 1.72 bits per heavy atom. The van der Waals surface area contributed by atoms with E-state index in [9.17, 15) is 0 Å². The predicted molar refractivity (Wildman–Crippen MR) is 113 cm³/mol. The summed E-state index contributed by atoms with van der Waals surface area (Å²) in [4.78, 5) is 11.7. The number of methoxy groups -OCH3 is 1. The van der Waals surface area contributed by atoms with E-state index in [0.717, 1.165) is 77.1 Å². The molecule has 0 spiro atoms. The lowest BCUT2D eigenvalue weighted by molar-refractivity contribution is 0.0398. The van der Waals surface area contributed by atoms with Gasteiger partial charge in [0.15, 0.2) is 5.82 Å². The number of rotatable bonds is 7. The molecule has 3 heterocycles. The second-order valence-electron chi connectivity index (χ2n) is 7.19. The summed E-state index contributed by atoms with van der Waals surface area (Å²) < 4.78 is 10.6. The summed E-state index contributed by atoms with van der Waals surface area (Å²) in [7, 11) is 1.69. The molecule has 0 unspecified atom stereocenters. The van der Waals surface area contributed by atoms with Crippen molar-refractivity contribution in [1.82, 2.24) is 20.1 Å². The number of ether oxygens (including phenoxy) is 2. The van der Waals surface area contributed by atoms with Gasteiger partial charge in [-0.15, -0.1) is 5.10 Å². The zero-order chi connectivity index (χ0) is 19.9. The van der Waals surface area contributed by atoms with E-state index < -0.39 is 0 Å². The molecule has 9 nitrogen and oxygen atoms in total. The standard InChI is InChI=1S/C20H29N7O2/c1-28-18-4-2-17(3-5-18)26-8-10-27(11-9-26)19-16-22-24-20(23-19)21-6-7-25-12-14-29-15-13-25/h2-5,16H,6-15H2,1H3,(H,21,23,24). The van der Waals surface area contributed by atoms with Crippen LogP contribution in [0.4, 0.5) is 17.5 Å². The molecule has 2 saturated heterocycles. The van der Waals surface area contributed by atoms with Gasteiger partial charge in [-0.3, -0.25) is 4.90 Å². The summed E-state index contributed by atoms with van der Waals surface area (Å²) in [6.07, 6.45) is 1.75. The van der Waals surface area contributed by atoms with Crippen LogP contribution < -0.4 is 19.9 Å². The maximum absolute atomic E-state index is 5.38. The average molecular weight is 399 g/mol. The average Bonchev–Trinajstić information content (AvgIpc) is 2.80. The molecule has 29 heavy (non-hydrogen) atoms. The molecule has 2 fully saturated rings. The number of nitrogens with one attached hydrogen (secondary N) is 1. The van der Waals surface area contributed by atoms with Crippen LogP contribution in [-0.4, -0.2) is 92.8 Å².